The van der Waals surface area contributed by atoms with Crippen molar-refractivity contribution in [1.29, 1.82) is 0 Å². The lowest BCUT2D eigenvalue weighted by molar-refractivity contribution is 0.102. The second-order valence-corrected chi connectivity index (χ2v) is 5.56. The highest BCUT2D eigenvalue weighted by Gasteiger charge is 2.08. The van der Waals surface area contributed by atoms with Gasteiger partial charge >= 0.3 is 0 Å². The molecule has 25 heavy (non-hydrogen) atoms. The molecule has 0 aliphatic heterocycles. The molecule has 0 aliphatic carbocycles. The lowest BCUT2D eigenvalue weighted by atomic mass is 10.2. The lowest BCUT2D eigenvalue weighted by Gasteiger charge is -2.08. The highest BCUT2D eigenvalue weighted by molar-refractivity contribution is 6.31. The first kappa shape index (κ1) is 16.9. The summed E-state index contributed by atoms with van der Waals surface area (Å²) in [5.74, 6) is -0.891. The van der Waals surface area contributed by atoms with E-state index in [0.29, 0.717) is 22.8 Å². The Labute approximate surface area is 147 Å². The van der Waals surface area contributed by atoms with Gasteiger partial charge in [-0.3, -0.25) is 4.79 Å². The average Bonchev–Trinajstić information content (AvgIpc) is 2.59. The van der Waals surface area contributed by atoms with Crippen molar-refractivity contribution in [2.75, 3.05) is 10.6 Å². The van der Waals surface area contributed by atoms with Crippen LogP contribution in [-0.2, 0) is 0 Å². The van der Waals surface area contributed by atoms with Gasteiger partial charge in [0, 0.05) is 17.6 Å². The standard InChI is InChI=1S/C18H12ClF2N3O/c19-15-9-14(5-6-16(15)21)23-17-7-4-11(10-22-17)18(25)24-13-3-1-2-12(20)8-13/h1-10H,(H,22,23)(H,24,25). The first-order valence-corrected chi connectivity index (χ1v) is 7.64. The van der Waals surface area contributed by atoms with Crippen molar-refractivity contribution in [3.05, 3.63) is 83.0 Å². The normalized spacial score (nSPS) is 10.4. The number of aromatic nitrogens is 1. The van der Waals surface area contributed by atoms with Crippen LogP contribution in [0.4, 0.5) is 26.0 Å². The summed E-state index contributed by atoms with van der Waals surface area (Å²) in [5, 5.41) is 5.53. The van der Waals surface area contributed by atoms with Gasteiger partial charge in [-0.2, -0.15) is 0 Å². The van der Waals surface area contributed by atoms with E-state index in [1.54, 1.807) is 18.2 Å². The molecule has 1 heterocycles. The number of rotatable bonds is 4. The van der Waals surface area contributed by atoms with Crippen molar-refractivity contribution < 1.29 is 13.6 Å². The molecule has 2 aromatic carbocycles. The summed E-state index contributed by atoms with van der Waals surface area (Å²) in [5.41, 5.74) is 1.23. The molecule has 7 heteroatoms. The fourth-order valence-corrected chi connectivity index (χ4v) is 2.27. The molecule has 2 N–H and O–H groups in total. The van der Waals surface area contributed by atoms with Crippen molar-refractivity contribution in [3.8, 4) is 0 Å². The predicted octanol–water partition coefficient (Wildman–Crippen LogP) is 5.01. The number of benzene rings is 2. The minimum atomic E-state index is -0.510. The van der Waals surface area contributed by atoms with E-state index < -0.39 is 17.5 Å². The number of nitrogens with one attached hydrogen (secondary N) is 2. The fourth-order valence-electron chi connectivity index (χ4n) is 2.09. The maximum Gasteiger partial charge on any atom is 0.257 e. The summed E-state index contributed by atoms with van der Waals surface area (Å²) < 4.78 is 26.3. The largest absolute Gasteiger partial charge is 0.340 e. The zero-order valence-corrected chi connectivity index (χ0v) is 13.5. The molecule has 0 unspecified atom stereocenters. The van der Waals surface area contributed by atoms with E-state index in [-0.39, 0.29) is 5.02 Å². The van der Waals surface area contributed by atoms with Gasteiger partial charge in [0.2, 0.25) is 0 Å². The number of hydrogen-bond donors (Lipinski definition) is 2. The zero-order valence-electron chi connectivity index (χ0n) is 12.8. The van der Waals surface area contributed by atoms with E-state index in [2.05, 4.69) is 15.6 Å². The smallest absolute Gasteiger partial charge is 0.257 e. The van der Waals surface area contributed by atoms with Crippen LogP contribution in [-0.4, -0.2) is 10.9 Å². The summed E-state index contributed by atoms with van der Waals surface area (Å²) in [4.78, 5) is 16.2. The molecule has 1 amide bonds. The number of carbonyl (C=O) groups excluding carboxylic acids is 1. The van der Waals surface area contributed by atoms with Gasteiger partial charge in [0.25, 0.3) is 5.91 Å². The number of carbonyl (C=O) groups is 1. The molecule has 0 spiro atoms. The quantitative estimate of drug-likeness (QED) is 0.688. The van der Waals surface area contributed by atoms with Crippen LogP contribution < -0.4 is 10.6 Å². The Hall–Kier alpha value is -2.99. The molecule has 3 rings (SSSR count). The van der Waals surface area contributed by atoms with Crippen LogP contribution in [0.1, 0.15) is 10.4 Å². The van der Waals surface area contributed by atoms with Crippen molar-refractivity contribution in [2.45, 2.75) is 0 Å². The second kappa shape index (κ2) is 7.27. The molecule has 126 valence electrons. The molecular weight excluding hydrogens is 348 g/mol. The Morgan fingerprint density at radius 3 is 2.52 bits per heavy atom. The average molecular weight is 360 g/mol. The number of nitrogens with zero attached hydrogens (tertiary/aromatic N) is 1. The summed E-state index contributed by atoms with van der Waals surface area (Å²) in [6.07, 6.45) is 1.38. The molecule has 4 nitrogen and oxygen atoms in total. The van der Waals surface area contributed by atoms with Crippen LogP contribution >= 0.6 is 11.6 Å². The minimum Gasteiger partial charge on any atom is -0.340 e. The van der Waals surface area contributed by atoms with E-state index in [0.717, 1.165) is 0 Å². The summed E-state index contributed by atoms with van der Waals surface area (Å²) in [6, 6.07) is 13.0. The molecule has 0 radical (unpaired) electrons. The van der Waals surface area contributed by atoms with E-state index in [9.17, 15) is 13.6 Å². The maximum absolute atomic E-state index is 13.1. The monoisotopic (exact) mass is 359 g/mol. The summed E-state index contributed by atoms with van der Waals surface area (Å²) in [6.45, 7) is 0. The topological polar surface area (TPSA) is 54.0 Å². The van der Waals surface area contributed by atoms with E-state index in [1.807, 2.05) is 0 Å². The third-order valence-corrected chi connectivity index (χ3v) is 3.59. The Morgan fingerprint density at radius 1 is 1.00 bits per heavy atom. The molecule has 3 aromatic rings. The number of hydrogen-bond acceptors (Lipinski definition) is 3. The van der Waals surface area contributed by atoms with Gasteiger partial charge in [0.1, 0.15) is 17.5 Å². The Bertz CT molecular complexity index is 916. The third kappa shape index (κ3) is 4.30. The molecular formula is C18H12ClF2N3O. The summed E-state index contributed by atoms with van der Waals surface area (Å²) >= 11 is 5.72. The van der Waals surface area contributed by atoms with Crippen molar-refractivity contribution in [2.24, 2.45) is 0 Å². The molecule has 1 aromatic heterocycles. The van der Waals surface area contributed by atoms with Gasteiger partial charge < -0.3 is 10.6 Å². The molecule has 0 bridgehead atoms. The maximum atomic E-state index is 13.1. The van der Waals surface area contributed by atoms with Crippen LogP contribution in [0.3, 0.4) is 0 Å². The SMILES string of the molecule is O=C(Nc1cccc(F)c1)c1ccc(Nc2ccc(F)c(Cl)c2)nc1. The Balaban J connectivity index is 1.69. The lowest BCUT2D eigenvalue weighted by Crippen LogP contribution is -2.12. The third-order valence-electron chi connectivity index (χ3n) is 3.30. The first-order valence-electron chi connectivity index (χ1n) is 7.26. The molecule has 0 fully saturated rings. The van der Waals surface area contributed by atoms with Crippen molar-refractivity contribution >= 4 is 34.7 Å². The fraction of sp³-hybridized carbons (Fsp3) is 0. The van der Waals surface area contributed by atoms with Crippen molar-refractivity contribution in [1.82, 2.24) is 4.98 Å². The van der Waals surface area contributed by atoms with Gasteiger partial charge in [-0.25, -0.2) is 13.8 Å². The second-order valence-electron chi connectivity index (χ2n) is 5.15. The van der Waals surface area contributed by atoms with Crippen LogP contribution in [0.25, 0.3) is 0 Å². The van der Waals surface area contributed by atoms with Crippen LogP contribution in [0, 0.1) is 11.6 Å². The molecule has 0 atom stereocenters. The van der Waals surface area contributed by atoms with Gasteiger partial charge in [0.05, 0.1) is 10.6 Å². The van der Waals surface area contributed by atoms with E-state index in [4.69, 9.17) is 11.6 Å². The zero-order chi connectivity index (χ0) is 17.8. The number of halogens is 3. The molecule has 0 saturated carbocycles. The number of amides is 1. The van der Waals surface area contributed by atoms with Gasteiger partial charge in [0.15, 0.2) is 0 Å². The Kier molecular flexibility index (Phi) is 4.90. The van der Waals surface area contributed by atoms with Crippen LogP contribution in [0.15, 0.2) is 60.8 Å². The molecule has 0 saturated heterocycles. The van der Waals surface area contributed by atoms with E-state index >= 15 is 0 Å². The predicted molar refractivity (Wildman–Crippen MR) is 93.3 cm³/mol. The molecule has 0 aliphatic rings. The highest BCUT2D eigenvalue weighted by atomic mass is 35.5. The van der Waals surface area contributed by atoms with Gasteiger partial charge in [-0.15, -0.1) is 0 Å². The van der Waals surface area contributed by atoms with Gasteiger partial charge in [-0.05, 0) is 48.5 Å². The first-order chi connectivity index (χ1) is 12.0. The van der Waals surface area contributed by atoms with E-state index in [1.165, 1.54) is 42.6 Å². The number of anilines is 3. The number of pyridine rings is 1. The van der Waals surface area contributed by atoms with Gasteiger partial charge in [-0.1, -0.05) is 17.7 Å². The van der Waals surface area contributed by atoms with Crippen molar-refractivity contribution in [3.63, 3.8) is 0 Å². The van der Waals surface area contributed by atoms with Crippen LogP contribution in [0.5, 0.6) is 0 Å². The van der Waals surface area contributed by atoms with Crippen LogP contribution in [0.2, 0.25) is 5.02 Å². The minimum absolute atomic E-state index is 0.00362. The highest BCUT2D eigenvalue weighted by Crippen LogP contribution is 2.22. The summed E-state index contributed by atoms with van der Waals surface area (Å²) in [7, 11) is 0. The Morgan fingerprint density at radius 2 is 1.84 bits per heavy atom.